The second-order valence-corrected chi connectivity index (χ2v) is 6.08. The number of benzene rings is 2. The zero-order valence-electron chi connectivity index (χ0n) is 13.7. The maximum Gasteiger partial charge on any atom is 0.241 e. The molecule has 0 spiro atoms. The van der Waals surface area contributed by atoms with Crippen LogP contribution in [0.4, 0.5) is 10.1 Å². The summed E-state index contributed by atoms with van der Waals surface area (Å²) in [7, 11) is 0. The summed E-state index contributed by atoms with van der Waals surface area (Å²) in [5.74, 6) is -0.393. The number of carbonyl (C=O) groups excluding carboxylic acids is 1. The van der Waals surface area contributed by atoms with Gasteiger partial charge in [-0.05, 0) is 49.6 Å². The Hall–Kier alpha value is -2.44. The van der Waals surface area contributed by atoms with Crippen LogP contribution in [0, 0.1) is 19.7 Å². The number of carbonyl (C=O) groups is 1. The molecule has 0 aromatic heterocycles. The van der Waals surface area contributed by atoms with Crippen LogP contribution >= 0.6 is 0 Å². The van der Waals surface area contributed by atoms with Crippen LogP contribution in [-0.4, -0.2) is 18.2 Å². The maximum atomic E-state index is 12.9. The lowest BCUT2D eigenvalue weighted by atomic mass is 10.1. The van der Waals surface area contributed by atoms with Crippen LogP contribution in [-0.2, 0) is 11.2 Å². The lowest BCUT2D eigenvalue weighted by Crippen LogP contribution is -2.68. The molecule has 5 nitrogen and oxygen atoms in total. The highest BCUT2D eigenvalue weighted by molar-refractivity contribution is 5.83. The molecule has 1 amide bonds. The minimum atomic E-state index is -0.410. The number of halogens is 1. The van der Waals surface area contributed by atoms with Crippen molar-refractivity contribution in [2.24, 2.45) is 0 Å². The van der Waals surface area contributed by atoms with Gasteiger partial charge in [-0.3, -0.25) is 4.79 Å². The highest BCUT2D eigenvalue weighted by atomic mass is 19.1. The summed E-state index contributed by atoms with van der Waals surface area (Å²) in [5, 5.41) is 6.13. The fraction of sp³-hybridized carbons (Fsp3) is 0.278. The van der Waals surface area contributed by atoms with Crippen molar-refractivity contribution in [1.82, 2.24) is 16.2 Å². The van der Waals surface area contributed by atoms with Crippen molar-refractivity contribution in [2.45, 2.75) is 32.6 Å². The Bertz CT molecular complexity index is 732. The molecule has 3 rings (SSSR count). The molecule has 2 atom stereocenters. The standard InChI is InChI=1S/C18H21FN4O/c1-11-3-8-15(12(2)9-11)20-18-21-17(24)16(22-23-18)10-13-4-6-14(19)7-5-13/h3-9,16,18,20,22-23H,10H2,1-2H3,(H,21,24). The zero-order valence-corrected chi connectivity index (χ0v) is 13.7. The molecule has 1 fully saturated rings. The van der Waals surface area contributed by atoms with E-state index in [9.17, 15) is 9.18 Å². The first-order valence-corrected chi connectivity index (χ1v) is 7.91. The summed E-state index contributed by atoms with van der Waals surface area (Å²) in [4.78, 5) is 12.3. The Morgan fingerprint density at radius 1 is 1.08 bits per heavy atom. The molecule has 0 saturated carbocycles. The zero-order chi connectivity index (χ0) is 17.1. The highest BCUT2D eigenvalue weighted by Gasteiger charge is 2.27. The monoisotopic (exact) mass is 328 g/mol. The molecule has 1 heterocycles. The van der Waals surface area contributed by atoms with Gasteiger partial charge in [0.1, 0.15) is 11.9 Å². The van der Waals surface area contributed by atoms with Gasteiger partial charge in [-0.15, -0.1) is 0 Å². The Labute approximate surface area is 140 Å². The van der Waals surface area contributed by atoms with Crippen molar-refractivity contribution in [2.75, 3.05) is 5.32 Å². The van der Waals surface area contributed by atoms with E-state index in [1.165, 1.54) is 17.7 Å². The van der Waals surface area contributed by atoms with Crippen LogP contribution in [0.25, 0.3) is 0 Å². The van der Waals surface area contributed by atoms with Gasteiger partial charge < -0.3 is 10.6 Å². The van der Waals surface area contributed by atoms with Crippen molar-refractivity contribution in [3.63, 3.8) is 0 Å². The van der Waals surface area contributed by atoms with Gasteiger partial charge in [0.05, 0.1) is 0 Å². The number of hydrogen-bond donors (Lipinski definition) is 4. The fourth-order valence-corrected chi connectivity index (χ4v) is 2.73. The molecule has 1 aliphatic rings. The Morgan fingerprint density at radius 2 is 1.83 bits per heavy atom. The van der Waals surface area contributed by atoms with Gasteiger partial charge in [-0.2, -0.15) is 0 Å². The number of hydrazine groups is 1. The van der Waals surface area contributed by atoms with Gasteiger partial charge in [0, 0.05) is 5.69 Å². The first kappa shape index (κ1) is 16.4. The van der Waals surface area contributed by atoms with Crippen LogP contribution in [0.2, 0.25) is 0 Å². The molecule has 0 bridgehead atoms. The quantitative estimate of drug-likeness (QED) is 0.693. The number of anilines is 1. The van der Waals surface area contributed by atoms with E-state index in [2.05, 4.69) is 27.6 Å². The maximum absolute atomic E-state index is 12.9. The summed E-state index contributed by atoms with van der Waals surface area (Å²) in [6.07, 6.45) is 0.0819. The van der Waals surface area contributed by atoms with Crippen molar-refractivity contribution in [1.29, 1.82) is 0 Å². The summed E-state index contributed by atoms with van der Waals surface area (Å²) in [5.41, 5.74) is 10.2. The molecule has 0 radical (unpaired) electrons. The Kier molecular flexibility index (Phi) is 4.78. The van der Waals surface area contributed by atoms with Crippen LogP contribution < -0.4 is 21.5 Å². The minimum absolute atomic E-state index is 0.111. The van der Waals surface area contributed by atoms with E-state index < -0.39 is 12.3 Å². The highest BCUT2D eigenvalue weighted by Crippen LogP contribution is 2.16. The van der Waals surface area contributed by atoms with E-state index in [0.717, 1.165) is 16.8 Å². The van der Waals surface area contributed by atoms with Crippen LogP contribution in [0.5, 0.6) is 0 Å². The Balaban J connectivity index is 1.58. The van der Waals surface area contributed by atoms with Crippen molar-refractivity contribution < 1.29 is 9.18 Å². The minimum Gasteiger partial charge on any atom is -0.352 e. The van der Waals surface area contributed by atoms with Crippen LogP contribution in [0.1, 0.15) is 16.7 Å². The lowest BCUT2D eigenvalue weighted by molar-refractivity contribution is -0.126. The Morgan fingerprint density at radius 3 is 2.50 bits per heavy atom. The van der Waals surface area contributed by atoms with Gasteiger partial charge in [0.25, 0.3) is 0 Å². The van der Waals surface area contributed by atoms with Gasteiger partial charge >= 0.3 is 0 Å². The number of nitrogens with one attached hydrogen (secondary N) is 4. The second kappa shape index (κ2) is 6.98. The molecule has 2 aromatic rings. The van der Waals surface area contributed by atoms with Crippen LogP contribution in [0.3, 0.4) is 0 Å². The normalized spacial score (nSPS) is 20.5. The molecule has 0 aliphatic carbocycles. The van der Waals surface area contributed by atoms with Gasteiger partial charge in [0.2, 0.25) is 5.91 Å². The van der Waals surface area contributed by atoms with E-state index in [4.69, 9.17) is 0 Å². The molecular formula is C18H21FN4O. The summed E-state index contributed by atoms with van der Waals surface area (Å²) < 4.78 is 12.9. The SMILES string of the molecule is Cc1ccc(NC2NNC(Cc3ccc(F)cc3)C(=O)N2)c(C)c1. The molecule has 1 saturated heterocycles. The number of aryl methyl sites for hydroxylation is 2. The molecule has 2 aromatic carbocycles. The molecule has 4 N–H and O–H groups in total. The molecule has 24 heavy (non-hydrogen) atoms. The number of rotatable bonds is 4. The molecule has 2 unspecified atom stereocenters. The number of amides is 1. The van der Waals surface area contributed by atoms with Gasteiger partial charge in [-0.1, -0.05) is 29.8 Å². The molecule has 1 aliphatic heterocycles. The van der Waals surface area contributed by atoms with Crippen molar-refractivity contribution in [3.05, 3.63) is 65.0 Å². The van der Waals surface area contributed by atoms with E-state index in [0.29, 0.717) is 6.42 Å². The predicted octanol–water partition coefficient (Wildman–Crippen LogP) is 1.97. The summed E-state index contributed by atoms with van der Waals surface area (Å²) in [6.45, 7) is 4.06. The number of hydrogen-bond acceptors (Lipinski definition) is 4. The van der Waals surface area contributed by atoms with Crippen molar-refractivity contribution >= 4 is 11.6 Å². The third-order valence-electron chi connectivity index (χ3n) is 4.04. The fourth-order valence-electron chi connectivity index (χ4n) is 2.73. The lowest BCUT2D eigenvalue weighted by Gasteiger charge is -2.32. The summed E-state index contributed by atoms with van der Waals surface area (Å²) >= 11 is 0. The molecular weight excluding hydrogens is 307 g/mol. The molecule has 126 valence electrons. The first-order chi connectivity index (χ1) is 11.5. The van der Waals surface area contributed by atoms with E-state index in [1.54, 1.807) is 12.1 Å². The summed E-state index contributed by atoms with van der Waals surface area (Å²) in [6, 6.07) is 11.8. The first-order valence-electron chi connectivity index (χ1n) is 7.91. The van der Waals surface area contributed by atoms with Crippen LogP contribution in [0.15, 0.2) is 42.5 Å². The average molecular weight is 328 g/mol. The van der Waals surface area contributed by atoms with E-state index in [-0.39, 0.29) is 11.7 Å². The topological polar surface area (TPSA) is 65.2 Å². The van der Waals surface area contributed by atoms with E-state index in [1.807, 2.05) is 26.0 Å². The third kappa shape index (κ3) is 3.90. The van der Waals surface area contributed by atoms with E-state index >= 15 is 0 Å². The van der Waals surface area contributed by atoms with Crippen molar-refractivity contribution in [3.8, 4) is 0 Å². The van der Waals surface area contributed by atoms with Gasteiger partial charge in [-0.25, -0.2) is 15.2 Å². The predicted molar refractivity (Wildman–Crippen MR) is 91.6 cm³/mol. The molecule has 6 heteroatoms. The smallest absolute Gasteiger partial charge is 0.241 e. The third-order valence-corrected chi connectivity index (χ3v) is 4.04. The second-order valence-electron chi connectivity index (χ2n) is 6.08. The largest absolute Gasteiger partial charge is 0.352 e. The average Bonchev–Trinajstić information content (AvgIpc) is 2.55. The van der Waals surface area contributed by atoms with Gasteiger partial charge in [0.15, 0.2) is 6.29 Å².